The van der Waals surface area contributed by atoms with Crippen LogP contribution in [0.1, 0.15) is 48.0 Å². The van der Waals surface area contributed by atoms with Crippen molar-refractivity contribution in [2.45, 2.75) is 65.6 Å². The van der Waals surface area contributed by atoms with E-state index in [1.165, 1.54) is 11.8 Å². The average molecular weight is 245 g/mol. The van der Waals surface area contributed by atoms with Gasteiger partial charge in [-0.3, -0.25) is 4.90 Å². The molecule has 5 nitrogen and oxygen atoms in total. The minimum atomic E-state index is -1.03. The Morgan fingerprint density at radius 2 is 1.76 bits per heavy atom. The largest absolute Gasteiger partial charge is 0.480 e. The molecule has 0 radical (unpaired) electrons. The Labute approximate surface area is 103 Å². The van der Waals surface area contributed by atoms with Gasteiger partial charge in [0.05, 0.1) is 0 Å². The van der Waals surface area contributed by atoms with Gasteiger partial charge in [0.1, 0.15) is 11.6 Å². The number of carbonyl (C=O) groups excluding carboxylic acids is 1. The predicted octanol–water partition coefficient (Wildman–Crippen LogP) is 2.50. The van der Waals surface area contributed by atoms with E-state index in [0.29, 0.717) is 6.42 Å². The zero-order valence-corrected chi connectivity index (χ0v) is 11.5. The summed E-state index contributed by atoms with van der Waals surface area (Å²) in [6, 6.07) is -1.06. The van der Waals surface area contributed by atoms with Crippen LogP contribution in [0.2, 0.25) is 0 Å². The Hall–Kier alpha value is -1.26. The molecular weight excluding hydrogens is 222 g/mol. The summed E-state index contributed by atoms with van der Waals surface area (Å²) in [5.41, 5.74) is -0.624. The van der Waals surface area contributed by atoms with Crippen molar-refractivity contribution in [3.63, 3.8) is 0 Å². The lowest BCUT2D eigenvalue weighted by Crippen LogP contribution is -2.50. The Balaban J connectivity index is 4.93. The number of rotatable bonds is 4. The van der Waals surface area contributed by atoms with Crippen molar-refractivity contribution in [1.29, 1.82) is 0 Å². The second kappa shape index (κ2) is 5.89. The van der Waals surface area contributed by atoms with Crippen molar-refractivity contribution in [2.24, 2.45) is 0 Å². The van der Waals surface area contributed by atoms with Gasteiger partial charge >= 0.3 is 12.1 Å². The molecule has 0 fully saturated rings. The van der Waals surface area contributed by atoms with Gasteiger partial charge in [-0.15, -0.1) is 0 Å². The normalized spacial score (nSPS) is 14.9. The fourth-order valence-corrected chi connectivity index (χ4v) is 1.35. The number of amides is 1. The summed E-state index contributed by atoms with van der Waals surface area (Å²) in [5.74, 6) is -1.03. The minimum absolute atomic E-state index is 0.170. The van der Waals surface area contributed by atoms with Crippen LogP contribution in [0.25, 0.3) is 0 Å². The van der Waals surface area contributed by atoms with E-state index in [4.69, 9.17) is 9.84 Å². The Morgan fingerprint density at radius 3 is 2.06 bits per heavy atom. The van der Waals surface area contributed by atoms with Crippen molar-refractivity contribution in [2.75, 3.05) is 0 Å². The molecular formula is C12H23NO4. The van der Waals surface area contributed by atoms with Crippen LogP contribution >= 0.6 is 0 Å². The van der Waals surface area contributed by atoms with E-state index in [1.807, 2.05) is 13.8 Å². The van der Waals surface area contributed by atoms with Crippen LogP contribution in [0.5, 0.6) is 0 Å². The summed E-state index contributed by atoms with van der Waals surface area (Å²) < 4.78 is 5.22. The second-order valence-corrected chi connectivity index (χ2v) is 5.16. The van der Waals surface area contributed by atoms with Gasteiger partial charge in [-0.05, 0) is 41.0 Å². The molecule has 1 N–H and O–H groups in total. The third kappa shape index (κ3) is 5.06. The molecule has 17 heavy (non-hydrogen) atoms. The summed E-state index contributed by atoms with van der Waals surface area (Å²) in [6.07, 6.45) is 0.0957. The summed E-state index contributed by atoms with van der Waals surface area (Å²) >= 11 is 0. The highest BCUT2D eigenvalue weighted by Gasteiger charge is 2.32. The van der Waals surface area contributed by atoms with Crippen LogP contribution in [-0.4, -0.2) is 39.8 Å². The number of nitrogens with zero attached hydrogens (tertiary/aromatic N) is 1. The first-order valence-corrected chi connectivity index (χ1v) is 5.84. The second-order valence-electron chi connectivity index (χ2n) is 5.16. The number of hydrogen-bond donors (Lipinski definition) is 1. The van der Waals surface area contributed by atoms with Gasteiger partial charge in [-0.25, -0.2) is 9.59 Å². The van der Waals surface area contributed by atoms with Crippen LogP contribution < -0.4 is 0 Å². The van der Waals surface area contributed by atoms with Crippen molar-refractivity contribution >= 4 is 12.1 Å². The molecule has 100 valence electrons. The van der Waals surface area contributed by atoms with E-state index in [2.05, 4.69) is 0 Å². The molecule has 0 bridgehead atoms. The number of carboxylic acid groups (broad SMARTS) is 1. The molecule has 0 heterocycles. The van der Waals surface area contributed by atoms with Crippen LogP contribution in [0.3, 0.4) is 0 Å². The molecule has 0 aliphatic carbocycles. The summed E-state index contributed by atoms with van der Waals surface area (Å²) in [6.45, 7) is 10.5. The number of hydrogen-bond acceptors (Lipinski definition) is 3. The highest BCUT2D eigenvalue weighted by atomic mass is 16.6. The highest BCUT2D eigenvalue weighted by Crippen LogP contribution is 2.16. The first-order chi connectivity index (χ1) is 7.60. The SMILES string of the molecule is CCC(C)N(C(=O)OC(C)(C)C)[C@@H](C)C(=O)O. The first kappa shape index (κ1) is 15.7. The molecule has 0 spiro atoms. The third-order valence-electron chi connectivity index (χ3n) is 2.44. The standard InChI is InChI=1S/C12H23NO4/c1-7-8(2)13(9(3)10(14)15)11(16)17-12(4,5)6/h8-9H,7H2,1-6H3,(H,14,15)/t8?,9-/m0/s1. The molecule has 5 heteroatoms. The summed E-state index contributed by atoms with van der Waals surface area (Å²) in [5, 5.41) is 8.99. The van der Waals surface area contributed by atoms with E-state index < -0.39 is 23.7 Å². The highest BCUT2D eigenvalue weighted by molar-refractivity contribution is 5.80. The maximum atomic E-state index is 11.9. The molecule has 0 rings (SSSR count). The molecule has 0 aromatic carbocycles. The van der Waals surface area contributed by atoms with E-state index in [9.17, 15) is 9.59 Å². The maximum Gasteiger partial charge on any atom is 0.411 e. The zero-order valence-electron chi connectivity index (χ0n) is 11.5. The van der Waals surface area contributed by atoms with Crippen LogP contribution in [0.4, 0.5) is 4.79 Å². The lowest BCUT2D eigenvalue weighted by molar-refractivity contribution is -0.143. The van der Waals surface area contributed by atoms with Gasteiger partial charge in [0.2, 0.25) is 0 Å². The van der Waals surface area contributed by atoms with Gasteiger partial charge in [0.25, 0.3) is 0 Å². The third-order valence-corrected chi connectivity index (χ3v) is 2.44. The lowest BCUT2D eigenvalue weighted by atomic mass is 10.1. The Kier molecular flexibility index (Phi) is 5.45. The van der Waals surface area contributed by atoms with Gasteiger partial charge in [0, 0.05) is 6.04 Å². The molecule has 0 aliphatic heterocycles. The van der Waals surface area contributed by atoms with Crippen LogP contribution in [-0.2, 0) is 9.53 Å². The van der Waals surface area contributed by atoms with E-state index >= 15 is 0 Å². The van der Waals surface area contributed by atoms with Crippen molar-refractivity contribution in [3.05, 3.63) is 0 Å². The van der Waals surface area contributed by atoms with E-state index in [0.717, 1.165) is 0 Å². The predicted molar refractivity (Wildman–Crippen MR) is 64.9 cm³/mol. The average Bonchev–Trinajstić information content (AvgIpc) is 2.14. The van der Waals surface area contributed by atoms with Crippen LogP contribution in [0, 0.1) is 0 Å². The fraction of sp³-hybridized carbons (Fsp3) is 0.833. The molecule has 0 saturated heterocycles. The molecule has 0 aromatic rings. The molecule has 0 aromatic heterocycles. The lowest BCUT2D eigenvalue weighted by Gasteiger charge is -2.33. The molecule has 1 unspecified atom stereocenters. The topological polar surface area (TPSA) is 66.8 Å². The maximum absolute atomic E-state index is 11.9. The quantitative estimate of drug-likeness (QED) is 0.826. The Bertz CT molecular complexity index is 283. The number of carbonyl (C=O) groups is 2. The van der Waals surface area contributed by atoms with Crippen molar-refractivity contribution in [3.8, 4) is 0 Å². The molecule has 2 atom stereocenters. The number of aliphatic carboxylic acids is 1. The number of ether oxygens (including phenoxy) is 1. The minimum Gasteiger partial charge on any atom is -0.480 e. The smallest absolute Gasteiger partial charge is 0.411 e. The monoisotopic (exact) mass is 245 g/mol. The van der Waals surface area contributed by atoms with Crippen molar-refractivity contribution in [1.82, 2.24) is 4.90 Å². The van der Waals surface area contributed by atoms with Gasteiger partial charge in [0.15, 0.2) is 0 Å². The van der Waals surface area contributed by atoms with Gasteiger partial charge < -0.3 is 9.84 Å². The zero-order chi connectivity index (χ0) is 13.8. The fourth-order valence-electron chi connectivity index (χ4n) is 1.35. The van der Waals surface area contributed by atoms with Crippen molar-refractivity contribution < 1.29 is 19.4 Å². The van der Waals surface area contributed by atoms with Crippen LogP contribution in [0.15, 0.2) is 0 Å². The molecule has 1 amide bonds. The van der Waals surface area contributed by atoms with E-state index in [1.54, 1.807) is 20.8 Å². The van der Waals surface area contributed by atoms with E-state index in [-0.39, 0.29) is 6.04 Å². The molecule has 0 saturated carbocycles. The van der Waals surface area contributed by atoms with Gasteiger partial charge in [-0.2, -0.15) is 0 Å². The summed E-state index contributed by atoms with van der Waals surface area (Å²) in [4.78, 5) is 24.2. The first-order valence-electron chi connectivity index (χ1n) is 5.84. The number of carboxylic acids is 1. The molecule has 0 aliphatic rings. The van der Waals surface area contributed by atoms with Gasteiger partial charge in [-0.1, -0.05) is 6.92 Å². The summed E-state index contributed by atoms with van der Waals surface area (Å²) in [7, 11) is 0. The Morgan fingerprint density at radius 1 is 1.29 bits per heavy atom.